The van der Waals surface area contributed by atoms with Gasteiger partial charge in [0.1, 0.15) is 5.60 Å². The van der Waals surface area contributed by atoms with E-state index in [-0.39, 0.29) is 18.6 Å². The Morgan fingerprint density at radius 1 is 1.35 bits per heavy atom. The lowest BCUT2D eigenvalue weighted by Gasteiger charge is -2.36. The molecule has 0 aromatic heterocycles. The number of alkyl carbamates (subject to hydrolysis) is 1. The molecule has 17 heavy (non-hydrogen) atoms. The first-order valence-corrected chi connectivity index (χ1v) is 5.89. The van der Waals surface area contributed by atoms with Crippen LogP contribution < -0.4 is 11.1 Å². The van der Waals surface area contributed by atoms with Gasteiger partial charge in [-0.3, -0.25) is 0 Å². The lowest BCUT2D eigenvalue weighted by Crippen LogP contribution is -2.61. The fourth-order valence-corrected chi connectivity index (χ4v) is 1.63. The summed E-state index contributed by atoms with van der Waals surface area (Å²) < 4.78 is 5.17. The number of aliphatic hydroxyl groups is 1. The maximum atomic E-state index is 11.7. The third kappa shape index (κ3) is 5.89. The van der Waals surface area contributed by atoms with Crippen molar-refractivity contribution in [2.24, 2.45) is 11.7 Å². The van der Waals surface area contributed by atoms with Gasteiger partial charge in [-0.2, -0.15) is 0 Å². The van der Waals surface area contributed by atoms with E-state index in [9.17, 15) is 9.90 Å². The van der Waals surface area contributed by atoms with E-state index in [1.165, 1.54) is 0 Å². The van der Waals surface area contributed by atoms with Gasteiger partial charge in [0.2, 0.25) is 0 Å². The highest BCUT2D eigenvalue weighted by atomic mass is 16.6. The predicted octanol–water partition coefficient (Wildman–Crippen LogP) is 1.25. The van der Waals surface area contributed by atoms with Gasteiger partial charge in [-0.05, 0) is 33.6 Å². The van der Waals surface area contributed by atoms with Crippen LogP contribution in [0, 0.1) is 5.92 Å². The summed E-state index contributed by atoms with van der Waals surface area (Å²) in [6.45, 7) is 10.8. The van der Waals surface area contributed by atoms with Crippen molar-refractivity contribution < 1.29 is 14.6 Å². The smallest absolute Gasteiger partial charge is 0.407 e. The number of rotatable bonds is 4. The van der Waals surface area contributed by atoms with Crippen LogP contribution in [0.15, 0.2) is 0 Å². The van der Waals surface area contributed by atoms with Gasteiger partial charge in [0, 0.05) is 0 Å². The molecular formula is C12H26N2O3. The zero-order valence-electron chi connectivity index (χ0n) is 11.7. The van der Waals surface area contributed by atoms with Crippen LogP contribution >= 0.6 is 0 Å². The molecule has 5 nitrogen and oxygen atoms in total. The summed E-state index contributed by atoms with van der Waals surface area (Å²) in [5.41, 5.74) is 4.54. The van der Waals surface area contributed by atoms with Crippen molar-refractivity contribution in [1.29, 1.82) is 0 Å². The quantitative estimate of drug-likeness (QED) is 0.697. The van der Waals surface area contributed by atoms with E-state index < -0.39 is 17.2 Å². The van der Waals surface area contributed by atoms with Gasteiger partial charge in [-0.15, -0.1) is 0 Å². The number of carbonyl (C=O) groups is 1. The third-order valence-electron chi connectivity index (χ3n) is 2.39. The highest BCUT2D eigenvalue weighted by molar-refractivity contribution is 5.68. The van der Waals surface area contributed by atoms with Crippen molar-refractivity contribution in [2.75, 3.05) is 6.61 Å². The minimum Gasteiger partial charge on any atom is -0.444 e. The SMILES string of the molecule is CC(C)C(NC(=O)OC(C)(C)C)C(C)(N)CO. The average Bonchev–Trinajstić information content (AvgIpc) is 2.10. The van der Waals surface area contributed by atoms with Gasteiger partial charge in [-0.25, -0.2) is 4.79 Å². The number of ether oxygens (including phenoxy) is 1. The molecule has 0 fully saturated rings. The van der Waals surface area contributed by atoms with Crippen molar-refractivity contribution in [3.8, 4) is 0 Å². The van der Waals surface area contributed by atoms with Crippen LogP contribution in [0.5, 0.6) is 0 Å². The zero-order chi connectivity index (χ0) is 13.9. The Hall–Kier alpha value is -0.810. The first-order chi connectivity index (χ1) is 7.49. The van der Waals surface area contributed by atoms with Gasteiger partial charge in [0.05, 0.1) is 18.2 Å². The van der Waals surface area contributed by atoms with Gasteiger partial charge in [0.15, 0.2) is 0 Å². The van der Waals surface area contributed by atoms with Crippen LogP contribution in [-0.2, 0) is 4.74 Å². The summed E-state index contributed by atoms with van der Waals surface area (Å²) in [5, 5.41) is 12.0. The van der Waals surface area contributed by atoms with Crippen LogP contribution in [0.2, 0.25) is 0 Å². The fraction of sp³-hybridized carbons (Fsp3) is 0.917. The van der Waals surface area contributed by atoms with Crippen molar-refractivity contribution in [1.82, 2.24) is 5.32 Å². The first-order valence-electron chi connectivity index (χ1n) is 5.89. The molecule has 2 atom stereocenters. The number of hydrogen-bond acceptors (Lipinski definition) is 4. The lowest BCUT2D eigenvalue weighted by molar-refractivity contribution is 0.0430. The normalized spacial score (nSPS) is 17.5. The Bertz CT molecular complexity index is 257. The first kappa shape index (κ1) is 16.2. The van der Waals surface area contributed by atoms with Crippen LogP contribution in [-0.4, -0.2) is 35.0 Å². The molecule has 0 bridgehead atoms. The number of aliphatic hydroxyl groups excluding tert-OH is 1. The Morgan fingerprint density at radius 3 is 2.12 bits per heavy atom. The molecule has 2 unspecified atom stereocenters. The largest absolute Gasteiger partial charge is 0.444 e. The van der Waals surface area contributed by atoms with E-state index in [2.05, 4.69) is 5.32 Å². The minimum absolute atomic E-state index is 0.102. The maximum absolute atomic E-state index is 11.7. The summed E-state index contributed by atoms with van der Waals surface area (Å²) in [4.78, 5) is 11.7. The average molecular weight is 246 g/mol. The standard InChI is InChI=1S/C12H26N2O3/c1-8(2)9(12(6,13)7-15)14-10(16)17-11(3,4)5/h8-9,15H,7,13H2,1-6H3,(H,14,16). The van der Waals surface area contributed by atoms with Gasteiger partial charge in [-0.1, -0.05) is 13.8 Å². The molecule has 0 aliphatic rings. The topological polar surface area (TPSA) is 84.6 Å². The van der Waals surface area contributed by atoms with Gasteiger partial charge in [0.25, 0.3) is 0 Å². The number of nitrogens with two attached hydrogens (primary N) is 1. The van der Waals surface area contributed by atoms with Crippen LogP contribution in [0.1, 0.15) is 41.5 Å². The zero-order valence-corrected chi connectivity index (χ0v) is 11.7. The Morgan fingerprint density at radius 2 is 1.82 bits per heavy atom. The van der Waals surface area contributed by atoms with Gasteiger partial charge >= 0.3 is 6.09 Å². The second-order valence-electron chi connectivity index (χ2n) is 6.03. The number of carbonyl (C=O) groups excluding carboxylic acids is 1. The van der Waals surface area contributed by atoms with E-state index in [0.717, 1.165) is 0 Å². The Labute approximate surface area is 104 Å². The fourth-order valence-electron chi connectivity index (χ4n) is 1.63. The monoisotopic (exact) mass is 246 g/mol. The summed E-state index contributed by atoms with van der Waals surface area (Å²) in [5.74, 6) is 0.102. The van der Waals surface area contributed by atoms with E-state index in [1.807, 2.05) is 13.8 Å². The molecule has 0 heterocycles. The molecule has 102 valence electrons. The van der Waals surface area contributed by atoms with E-state index in [0.29, 0.717) is 0 Å². The number of nitrogens with one attached hydrogen (secondary N) is 1. The second-order valence-corrected chi connectivity index (χ2v) is 6.03. The molecule has 5 heteroatoms. The molecule has 0 spiro atoms. The second kappa shape index (κ2) is 5.69. The summed E-state index contributed by atoms with van der Waals surface area (Å²) in [6.07, 6.45) is -0.513. The molecule has 0 aliphatic carbocycles. The molecule has 0 aromatic carbocycles. The molecule has 0 aliphatic heterocycles. The van der Waals surface area contributed by atoms with E-state index in [1.54, 1.807) is 27.7 Å². The number of amides is 1. The Kier molecular flexibility index (Phi) is 5.42. The van der Waals surface area contributed by atoms with Crippen molar-refractivity contribution in [3.63, 3.8) is 0 Å². The molecule has 0 aromatic rings. The van der Waals surface area contributed by atoms with Crippen molar-refractivity contribution in [2.45, 2.75) is 58.7 Å². The van der Waals surface area contributed by atoms with Gasteiger partial charge < -0.3 is 20.9 Å². The summed E-state index contributed by atoms with van der Waals surface area (Å²) >= 11 is 0. The van der Waals surface area contributed by atoms with Crippen LogP contribution in [0.3, 0.4) is 0 Å². The number of hydrogen-bond donors (Lipinski definition) is 3. The molecule has 1 amide bonds. The van der Waals surface area contributed by atoms with Crippen molar-refractivity contribution >= 4 is 6.09 Å². The molecule has 0 saturated carbocycles. The molecule has 0 saturated heterocycles. The van der Waals surface area contributed by atoms with E-state index >= 15 is 0 Å². The third-order valence-corrected chi connectivity index (χ3v) is 2.39. The van der Waals surface area contributed by atoms with Crippen molar-refractivity contribution in [3.05, 3.63) is 0 Å². The highest BCUT2D eigenvalue weighted by Crippen LogP contribution is 2.16. The molecular weight excluding hydrogens is 220 g/mol. The molecule has 4 N–H and O–H groups in total. The Balaban J connectivity index is 4.63. The van der Waals surface area contributed by atoms with Crippen LogP contribution in [0.25, 0.3) is 0 Å². The molecule has 0 rings (SSSR count). The summed E-state index contributed by atoms with van der Waals surface area (Å²) in [6, 6.07) is -0.345. The maximum Gasteiger partial charge on any atom is 0.407 e. The predicted molar refractivity (Wildman–Crippen MR) is 67.7 cm³/mol. The summed E-state index contributed by atoms with van der Waals surface area (Å²) in [7, 11) is 0. The minimum atomic E-state index is -0.870. The highest BCUT2D eigenvalue weighted by Gasteiger charge is 2.34. The van der Waals surface area contributed by atoms with E-state index in [4.69, 9.17) is 10.5 Å². The lowest BCUT2D eigenvalue weighted by atomic mass is 9.86. The van der Waals surface area contributed by atoms with Crippen LogP contribution in [0.4, 0.5) is 4.79 Å². The molecule has 0 radical (unpaired) electrons.